The van der Waals surface area contributed by atoms with Gasteiger partial charge in [0.15, 0.2) is 0 Å². The summed E-state index contributed by atoms with van der Waals surface area (Å²) in [6, 6.07) is 0.377. The van der Waals surface area contributed by atoms with Gasteiger partial charge in [0.1, 0.15) is 0 Å². The summed E-state index contributed by atoms with van der Waals surface area (Å²) in [7, 11) is 1.86. The standard InChI is InChI=1S/C6H13N3OS/c1-8-5-4(9-3-10)2-11-6(5)7/h3-6,8H,2,7H2,1H3,(H,9,10). The Bertz CT molecular complexity index is 144. The van der Waals surface area contributed by atoms with Crippen LogP contribution in [-0.2, 0) is 4.79 Å². The van der Waals surface area contributed by atoms with Crippen LogP contribution in [0.2, 0.25) is 0 Å². The minimum Gasteiger partial charge on any atom is -0.353 e. The molecule has 0 aromatic rings. The predicted octanol–water partition coefficient (Wildman–Crippen LogP) is -1.28. The topological polar surface area (TPSA) is 67.1 Å². The van der Waals surface area contributed by atoms with Crippen LogP contribution in [0.4, 0.5) is 0 Å². The molecule has 0 saturated carbocycles. The molecule has 4 N–H and O–H groups in total. The highest BCUT2D eigenvalue weighted by atomic mass is 32.2. The lowest BCUT2D eigenvalue weighted by molar-refractivity contribution is -0.110. The second-order valence-corrected chi connectivity index (χ2v) is 3.71. The Labute approximate surface area is 70.3 Å². The lowest BCUT2D eigenvalue weighted by Gasteiger charge is -2.19. The first-order chi connectivity index (χ1) is 5.29. The summed E-state index contributed by atoms with van der Waals surface area (Å²) in [6.45, 7) is 0. The Balaban J connectivity index is 2.46. The van der Waals surface area contributed by atoms with Gasteiger partial charge in [-0.15, -0.1) is 11.8 Å². The number of carbonyl (C=O) groups excluding carboxylic acids is 1. The van der Waals surface area contributed by atoms with Crippen molar-refractivity contribution in [2.75, 3.05) is 12.8 Å². The fourth-order valence-corrected chi connectivity index (χ4v) is 2.52. The summed E-state index contributed by atoms with van der Waals surface area (Å²) in [5, 5.41) is 5.91. The van der Waals surface area contributed by atoms with E-state index in [9.17, 15) is 4.79 Å². The van der Waals surface area contributed by atoms with Crippen molar-refractivity contribution in [3.8, 4) is 0 Å². The highest BCUT2D eigenvalue weighted by molar-refractivity contribution is 8.00. The lowest BCUT2D eigenvalue weighted by atomic mass is 10.1. The van der Waals surface area contributed by atoms with Crippen molar-refractivity contribution in [3.63, 3.8) is 0 Å². The molecule has 0 aromatic carbocycles. The van der Waals surface area contributed by atoms with Gasteiger partial charge < -0.3 is 16.4 Å². The Hall–Kier alpha value is -0.260. The summed E-state index contributed by atoms with van der Waals surface area (Å²) in [5.41, 5.74) is 5.75. The molecule has 64 valence electrons. The molecular formula is C6H13N3OS. The zero-order valence-corrected chi connectivity index (χ0v) is 7.23. The van der Waals surface area contributed by atoms with E-state index in [1.54, 1.807) is 11.8 Å². The lowest BCUT2D eigenvalue weighted by Crippen LogP contribution is -2.50. The molecular weight excluding hydrogens is 162 g/mol. The van der Waals surface area contributed by atoms with Crippen LogP contribution in [-0.4, -0.2) is 36.7 Å². The number of thioether (sulfide) groups is 1. The van der Waals surface area contributed by atoms with Gasteiger partial charge in [-0.25, -0.2) is 0 Å². The average molecular weight is 175 g/mol. The largest absolute Gasteiger partial charge is 0.353 e. The summed E-state index contributed by atoms with van der Waals surface area (Å²) in [5.74, 6) is 0.894. The molecule has 3 atom stereocenters. The monoisotopic (exact) mass is 175 g/mol. The van der Waals surface area contributed by atoms with Crippen molar-refractivity contribution in [1.29, 1.82) is 0 Å². The third kappa shape index (κ3) is 1.85. The molecule has 4 nitrogen and oxygen atoms in total. The zero-order valence-electron chi connectivity index (χ0n) is 6.41. The second-order valence-electron chi connectivity index (χ2n) is 2.50. The smallest absolute Gasteiger partial charge is 0.207 e. The maximum Gasteiger partial charge on any atom is 0.207 e. The van der Waals surface area contributed by atoms with E-state index in [0.717, 1.165) is 12.2 Å². The molecule has 0 aromatic heterocycles. The van der Waals surface area contributed by atoms with E-state index < -0.39 is 0 Å². The summed E-state index contributed by atoms with van der Waals surface area (Å²) in [4.78, 5) is 10.1. The third-order valence-corrected chi connectivity index (χ3v) is 3.10. The molecule has 0 spiro atoms. The van der Waals surface area contributed by atoms with Gasteiger partial charge in [0.05, 0.1) is 17.5 Å². The number of amides is 1. The van der Waals surface area contributed by atoms with Crippen molar-refractivity contribution in [1.82, 2.24) is 10.6 Å². The molecule has 3 unspecified atom stereocenters. The third-order valence-electron chi connectivity index (χ3n) is 1.87. The van der Waals surface area contributed by atoms with E-state index in [0.29, 0.717) is 0 Å². The molecule has 5 heteroatoms. The van der Waals surface area contributed by atoms with Gasteiger partial charge in [0, 0.05) is 5.75 Å². The van der Waals surface area contributed by atoms with Crippen LogP contribution >= 0.6 is 11.8 Å². The Morgan fingerprint density at radius 3 is 3.00 bits per heavy atom. The highest BCUT2D eigenvalue weighted by Gasteiger charge is 2.32. The van der Waals surface area contributed by atoms with Crippen molar-refractivity contribution in [2.45, 2.75) is 17.5 Å². The summed E-state index contributed by atoms with van der Waals surface area (Å²) < 4.78 is 0. The van der Waals surface area contributed by atoms with E-state index in [2.05, 4.69) is 10.6 Å². The molecule has 1 saturated heterocycles. The van der Waals surface area contributed by atoms with Gasteiger partial charge >= 0.3 is 0 Å². The van der Waals surface area contributed by atoms with Gasteiger partial charge in [0.2, 0.25) is 6.41 Å². The Morgan fingerprint density at radius 1 is 1.73 bits per heavy atom. The van der Waals surface area contributed by atoms with Crippen LogP contribution in [0.15, 0.2) is 0 Å². The van der Waals surface area contributed by atoms with Crippen LogP contribution < -0.4 is 16.4 Å². The van der Waals surface area contributed by atoms with Crippen molar-refractivity contribution < 1.29 is 4.79 Å². The Morgan fingerprint density at radius 2 is 2.45 bits per heavy atom. The normalized spacial score (nSPS) is 37.1. The number of hydrogen-bond donors (Lipinski definition) is 3. The Kier molecular flexibility index (Phi) is 3.16. The van der Waals surface area contributed by atoms with Crippen molar-refractivity contribution in [3.05, 3.63) is 0 Å². The van der Waals surface area contributed by atoms with Gasteiger partial charge in [0.25, 0.3) is 0 Å². The van der Waals surface area contributed by atoms with Gasteiger partial charge in [-0.05, 0) is 7.05 Å². The van der Waals surface area contributed by atoms with E-state index in [4.69, 9.17) is 5.73 Å². The minimum absolute atomic E-state index is 0.0949. The molecule has 1 rings (SSSR count). The second kappa shape index (κ2) is 3.94. The van der Waals surface area contributed by atoms with Crippen LogP contribution in [0, 0.1) is 0 Å². The number of rotatable bonds is 3. The molecule has 1 aliphatic rings. The van der Waals surface area contributed by atoms with Crippen LogP contribution in [0.25, 0.3) is 0 Å². The van der Waals surface area contributed by atoms with Crippen molar-refractivity contribution >= 4 is 18.2 Å². The molecule has 1 aliphatic heterocycles. The number of carbonyl (C=O) groups is 1. The average Bonchev–Trinajstić information content (AvgIpc) is 2.33. The quantitative estimate of drug-likeness (QED) is 0.467. The highest BCUT2D eigenvalue weighted by Crippen LogP contribution is 2.22. The predicted molar refractivity (Wildman–Crippen MR) is 46.3 cm³/mol. The van der Waals surface area contributed by atoms with E-state index in [-0.39, 0.29) is 17.5 Å². The fraction of sp³-hybridized carbons (Fsp3) is 0.833. The maximum absolute atomic E-state index is 10.1. The SMILES string of the molecule is CNC1C(NC=O)CSC1N. The molecule has 1 fully saturated rings. The van der Waals surface area contributed by atoms with Gasteiger partial charge in [-0.3, -0.25) is 4.79 Å². The number of nitrogens with two attached hydrogens (primary N) is 1. The molecule has 1 heterocycles. The molecule has 0 aliphatic carbocycles. The van der Waals surface area contributed by atoms with Crippen LogP contribution in [0.1, 0.15) is 0 Å². The first-order valence-corrected chi connectivity index (χ1v) is 4.58. The first kappa shape index (κ1) is 8.83. The van der Waals surface area contributed by atoms with E-state index >= 15 is 0 Å². The van der Waals surface area contributed by atoms with Crippen LogP contribution in [0.3, 0.4) is 0 Å². The molecule has 0 radical (unpaired) electrons. The first-order valence-electron chi connectivity index (χ1n) is 3.53. The zero-order chi connectivity index (χ0) is 8.27. The molecule has 1 amide bonds. The number of nitrogens with one attached hydrogen (secondary N) is 2. The van der Waals surface area contributed by atoms with E-state index in [1.807, 2.05) is 7.05 Å². The van der Waals surface area contributed by atoms with E-state index in [1.165, 1.54) is 0 Å². The molecule has 0 bridgehead atoms. The summed E-state index contributed by atoms with van der Waals surface area (Å²) in [6.07, 6.45) is 0.730. The summed E-state index contributed by atoms with van der Waals surface area (Å²) >= 11 is 1.67. The maximum atomic E-state index is 10.1. The van der Waals surface area contributed by atoms with Gasteiger partial charge in [-0.1, -0.05) is 0 Å². The van der Waals surface area contributed by atoms with Gasteiger partial charge in [-0.2, -0.15) is 0 Å². The van der Waals surface area contributed by atoms with Crippen molar-refractivity contribution in [2.24, 2.45) is 5.73 Å². The van der Waals surface area contributed by atoms with Crippen LogP contribution in [0.5, 0.6) is 0 Å². The number of hydrogen-bond acceptors (Lipinski definition) is 4. The number of likely N-dealkylation sites (N-methyl/N-ethyl adjacent to an activating group) is 1. The minimum atomic E-state index is 0.0949. The fourth-order valence-electron chi connectivity index (χ4n) is 1.26. The molecule has 11 heavy (non-hydrogen) atoms.